The Labute approximate surface area is 172 Å². The zero-order valence-electron chi connectivity index (χ0n) is 14.8. The lowest BCUT2D eigenvalue weighted by molar-refractivity contribution is 0.153. The molecular formula is C17H19Cl2N3O5S. The maximum absolute atomic E-state index is 12.5. The van der Waals surface area contributed by atoms with E-state index in [9.17, 15) is 18.3 Å². The molecule has 2 rings (SSSR count). The van der Waals surface area contributed by atoms with Gasteiger partial charge in [0.05, 0.1) is 28.0 Å². The average Bonchev–Trinajstić information content (AvgIpc) is 2.63. The van der Waals surface area contributed by atoms with Gasteiger partial charge in [0, 0.05) is 13.2 Å². The van der Waals surface area contributed by atoms with Gasteiger partial charge in [-0.1, -0.05) is 35.3 Å². The molecule has 2 amide bonds. The Kier molecular flexibility index (Phi) is 7.90. The topological polar surface area (TPSA) is 117 Å². The number of urea groups is 1. The maximum atomic E-state index is 12.5. The van der Waals surface area contributed by atoms with Gasteiger partial charge in [0.15, 0.2) is 5.75 Å². The lowest BCUT2D eigenvalue weighted by Crippen LogP contribution is -2.28. The number of carbonyl (C=O) groups excluding carboxylic acids is 1. The second-order valence-electron chi connectivity index (χ2n) is 5.43. The van der Waals surface area contributed by atoms with Gasteiger partial charge in [-0.15, -0.1) is 0 Å². The molecular weight excluding hydrogens is 429 g/mol. The summed E-state index contributed by atoms with van der Waals surface area (Å²) in [7, 11) is -4.13. The van der Waals surface area contributed by atoms with Crippen molar-refractivity contribution in [1.29, 1.82) is 0 Å². The number of sulfonamides is 1. The van der Waals surface area contributed by atoms with Crippen molar-refractivity contribution in [1.82, 2.24) is 4.72 Å². The van der Waals surface area contributed by atoms with Crippen LogP contribution in [0.25, 0.3) is 0 Å². The molecule has 0 aliphatic carbocycles. The first-order chi connectivity index (χ1) is 13.3. The van der Waals surface area contributed by atoms with Crippen LogP contribution in [0, 0.1) is 0 Å². The van der Waals surface area contributed by atoms with Crippen molar-refractivity contribution in [3.63, 3.8) is 0 Å². The minimum absolute atomic E-state index is 0.00338. The van der Waals surface area contributed by atoms with Gasteiger partial charge in [0.25, 0.3) is 0 Å². The molecule has 0 saturated carbocycles. The molecule has 0 heterocycles. The van der Waals surface area contributed by atoms with Gasteiger partial charge in [-0.2, -0.15) is 0 Å². The lowest BCUT2D eigenvalue weighted by atomic mass is 10.3. The zero-order valence-corrected chi connectivity index (χ0v) is 17.2. The Morgan fingerprint density at radius 1 is 1.07 bits per heavy atom. The largest absolute Gasteiger partial charge is 0.504 e. The van der Waals surface area contributed by atoms with Crippen molar-refractivity contribution in [2.24, 2.45) is 0 Å². The van der Waals surface area contributed by atoms with Crippen LogP contribution in [0.3, 0.4) is 0 Å². The second kappa shape index (κ2) is 9.94. The molecule has 0 bridgehead atoms. The monoisotopic (exact) mass is 447 g/mol. The van der Waals surface area contributed by atoms with Crippen LogP contribution in [-0.2, 0) is 14.8 Å². The smallest absolute Gasteiger partial charge is 0.323 e. The van der Waals surface area contributed by atoms with Crippen molar-refractivity contribution >= 4 is 50.6 Å². The fourth-order valence-corrected chi connectivity index (χ4v) is 4.03. The first kappa shape index (κ1) is 22.3. The van der Waals surface area contributed by atoms with E-state index >= 15 is 0 Å². The van der Waals surface area contributed by atoms with Crippen molar-refractivity contribution in [3.8, 4) is 5.75 Å². The molecule has 0 fully saturated rings. The minimum Gasteiger partial charge on any atom is -0.504 e. The maximum Gasteiger partial charge on any atom is 0.323 e. The first-order valence-corrected chi connectivity index (χ1v) is 10.4. The minimum atomic E-state index is -4.13. The number of para-hydroxylation sites is 1. The number of phenolic OH excluding ortho intramolecular Hbond substituents is 1. The van der Waals surface area contributed by atoms with Gasteiger partial charge in [-0.3, -0.25) is 0 Å². The van der Waals surface area contributed by atoms with Gasteiger partial charge in [-0.25, -0.2) is 17.9 Å². The SMILES string of the molecule is CCOCCNS(=O)(=O)c1c(Cl)ccc(NC(=O)Nc2ccccc2Cl)c1O. The van der Waals surface area contributed by atoms with E-state index in [1.54, 1.807) is 31.2 Å². The number of halogens is 2. The van der Waals surface area contributed by atoms with Gasteiger partial charge in [0.1, 0.15) is 4.90 Å². The highest BCUT2D eigenvalue weighted by molar-refractivity contribution is 7.89. The summed E-state index contributed by atoms with van der Waals surface area (Å²) < 4.78 is 32.3. The Hall–Kier alpha value is -2.04. The number of nitrogens with one attached hydrogen (secondary N) is 3. The van der Waals surface area contributed by atoms with Crippen LogP contribution < -0.4 is 15.4 Å². The molecule has 0 aliphatic heterocycles. The number of rotatable bonds is 8. The molecule has 0 aromatic heterocycles. The Morgan fingerprint density at radius 3 is 2.43 bits per heavy atom. The number of hydrogen-bond acceptors (Lipinski definition) is 5. The molecule has 8 nitrogen and oxygen atoms in total. The predicted molar refractivity (Wildman–Crippen MR) is 109 cm³/mol. The Balaban J connectivity index is 2.19. The second-order valence-corrected chi connectivity index (χ2v) is 7.94. The molecule has 0 aliphatic rings. The third-order valence-corrected chi connectivity index (χ3v) is 5.76. The summed E-state index contributed by atoms with van der Waals surface area (Å²) in [6.45, 7) is 2.37. The van der Waals surface area contributed by atoms with E-state index in [0.717, 1.165) is 0 Å². The molecule has 0 unspecified atom stereocenters. The molecule has 28 heavy (non-hydrogen) atoms. The number of ether oxygens (including phenoxy) is 1. The van der Waals surface area contributed by atoms with E-state index in [1.807, 2.05) is 0 Å². The summed E-state index contributed by atoms with van der Waals surface area (Å²) in [5.74, 6) is -0.689. The number of phenols is 1. The number of amides is 2. The molecule has 152 valence electrons. The van der Waals surface area contributed by atoms with E-state index in [4.69, 9.17) is 27.9 Å². The predicted octanol–water partition coefficient (Wildman–Crippen LogP) is 3.66. The third kappa shape index (κ3) is 5.73. The summed E-state index contributed by atoms with van der Waals surface area (Å²) >= 11 is 11.9. The molecule has 0 saturated heterocycles. The highest BCUT2D eigenvalue weighted by Gasteiger charge is 2.25. The quantitative estimate of drug-likeness (QED) is 0.363. The average molecular weight is 448 g/mol. The first-order valence-electron chi connectivity index (χ1n) is 8.17. The van der Waals surface area contributed by atoms with E-state index in [0.29, 0.717) is 17.3 Å². The van der Waals surface area contributed by atoms with Crippen LogP contribution in [0.1, 0.15) is 6.92 Å². The highest BCUT2D eigenvalue weighted by atomic mass is 35.5. The van der Waals surface area contributed by atoms with Crippen LogP contribution in [0.15, 0.2) is 41.3 Å². The molecule has 11 heteroatoms. The number of benzene rings is 2. The molecule has 4 N–H and O–H groups in total. The van der Waals surface area contributed by atoms with E-state index in [2.05, 4.69) is 15.4 Å². The third-order valence-electron chi connectivity index (χ3n) is 3.47. The summed E-state index contributed by atoms with van der Waals surface area (Å²) in [6, 6.07) is 8.37. The number of aromatic hydroxyl groups is 1. The van der Waals surface area contributed by atoms with Gasteiger partial charge >= 0.3 is 6.03 Å². The Morgan fingerprint density at radius 2 is 1.75 bits per heavy atom. The number of hydrogen-bond donors (Lipinski definition) is 4. The summed E-state index contributed by atoms with van der Waals surface area (Å²) in [5, 5.41) is 15.4. The van der Waals surface area contributed by atoms with Gasteiger partial charge in [0.2, 0.25) is 10.0 Å². The van der Waals surface area contributed by atoms with Crippen LogP contribution in [0.4, 0.5) is 16.2 Å². The van der Waals surface area contributed by atoms with E-state index < -0.39 is 26.7 Å². The fourth-order valence-electron chi connectivity index (χ4n) is 2.21. The normalized spacial score (nSPS) is 11.2. The van der Waals surface area contributed by atoms with Crippen molar-refractivity contribution in [2.75, 3.05) is 30.4 Å². The summed E-state index contributed by atoms with van der Waals surface area (Å²) in [6.07, 6.45) is 0. The lowest BCUT2D eigenvalue weighted by Gasteiger charge is -2.14. The van der Waals surface area contributed by atoms with Crippen LogP contribution >= 0.6 is 23.2 Å². The van der Waals surface area contributed by atoms with Crippen LogP contribution in [0.2, 0.25) is 10.0 Å². The summed E-state index contributed by atoms with van der Waals surface area (Å²) in [4.78, 5) is 11.6. The van der Waals surface area contributed by atoms with Crippen molar-refractivity contribution in [2.45, 2.75) is 11.8 Å². The summed E-state index contributed by atoms with van der Waals surface area (Å²) in [5.41, 5.74) is 0.208. The molecule has 0 spiro atoms. The van der Waals surface area contributed by atoms with Crippen molar-refractivity contribution in [3.05, 3.63) is 46.4 Å². The van der Waals surface area contributed by atoms with Gasteiger partial charge in [-0.05, 0) is 31.2 Å². The van der Waals surface area contributed by atoms with Gasteiger partial charge < -0.3 is 20.5 Å². The molecule has 2 aromatic rings. The number of anilines is 2. The molecule has 0 atom stereocenters. The standard InChI is InChI=1S/C17H19Cl2N3O5S/c1-2-27-10-9-20-28(25,26)16-12(19)7-8-14(15(16)23)22-17(24)21-13-6-4-3-5-11(13)18/h3-8,20,23H,2,9-10H2,1H3,(H2,21,22,24). The highest BCUT2D eigenvalue weighted by Crippen LogP contribution is 2.36. The van der Waals surface area contributed by atoms with Crippen LogP contribution in [-0.4, -0.2) is 39.3 Å². The van der Waals surface area contributed by atoms with E-state index in [1.165, 1.54) is 12.1 Å². The van der Waals surface area contributed by atoms with Crippen LogP contribution in [0.5, 0.6) is 5.75 Å². The molecule has 0 radical (unpaired) electrons. The Bertz CT molecular complexity index is 954. The number of carbonyl (C=O) groups is 1. The zero-order chi connectivity index (χ0) is 20.7. The van der Waals surface area contributed by atoms with Crippen molar-refractivity contribution < 1.29 is 23.1 Å². The van der Waals surface area contributed by atoms with E-state index in [-0.39, 0.29) is 23.9 Å². The molecule has 2 aromatic carbocycles. The fraction of sp³-hybridized carbons (Fsp3) is 0.235.